The van der Waals surface area contributed by atoms with E-state index in [1.807, 2.05) is 13.8 Å². The van der Waals surface area contributed by atoms with Gasteiger partial charge in [0.1, 0.15) is 4.90 Å². The molecular formula is C22H25ClN2O6S. The van der Waals surface area contributed by atoms with Crippen LogP contribution in [0, 0.1) is 0 Å². The van der Waals surface area contributed by atoms with Gasteiger partial charge in [-0.05, 0) is 44.2 Å². The van der Waals surface area contributed by atoms with Crippen LogP contribution < -0.4 is 14.8 Å². The molecule has 2 unspecified atom stereocenters. The van der Waals surface area contributed by atoms with Gasteiger partial charge < -0.3 is 19.5 Å². The highest BCUT2D eigenvalue weighted by molar-refractivity contribution is 7.89. The summed E-state index contributed by atoms with van der Waals surface area (Å²) in [5, 5.41) is 2.83. The number of fused-ring (bicyclic) bond motifs is 1. The summed E-state index contributed by atoms with van der Waals surface area (Å²) in [6.45, 7) is 5.17. The zero-order chi connectivity index (χ0) is 22.9. The third kappa shape index (κ3) is 4.85. The van der Waals surface area contributed by atoms with Gasteiger partial charge in [-0.1, -0.05) is 11.6 Å². The van der Waals surface area contributed by atoms with Gasteiger partial charge in [0.2, 0.25) is 10.0 Å². The Kier molecular flexibility index (Phi) is 6.62. The molecule has 1 saturated heterocycles. The van der Waals surface area contributed by atoms with Crippen molar-refractivity contribution in [2.24, 2.45) is 0 Å². The number of morpholine rings is 1. The molecule has 1 N–H and O–H groups in total. The number of rotatable bonds is 4. The Morgan fingerprint density at radius 2 is 1.72 bits per heavy atom. The van der Waals surface area contributed by atoms with Gasteiger partial charge in [0.25, 0.3) is 5.91 Å². The van der Waals surface area contributed by atoms with E-state index in [1.165, 1.54) is 22.5 Å². The van der Waals surface area contributed by atoms with Crippen LogP contribution in [-0.4, -0.2) is 57.1 Å². The zero-order valence-electron chi connectivity index (χ0n) is 17.8. The molecule has 2 aliphatic heterocycles. The molecule has 1 amide bonds. The minimum absolute atomic E-state index is 0.0592. The van der Waals surface area contributed by atoms with Crippen LogP contribution in [-0.2, 0) is 14.8 Å². The summed E-state index contributed by atoms with van der Waals surface area (Å²) in [6, 6.07) is 9.34. The van der Waals surface area contributed by atoms with Crippen molar-refractivity contribution in [3.05, 3.63) is 47.0 Å². The number of hydrogen-bond acceptors (Lipinski definition) is 6. The number of nitrogens with one attached hydrogen (secondary N) is 1. The fourth-order valence-corrected chi connectivity index (χ4v) is 5.84. The van der Waals surface area contributed by atoms with E-state index in [4.69, 9.17) is 25.8 Å². The molecule has 2 heterocycles. The molecule has 172 valence electrons. The van der Waals surface area contributed by atoms with Crippen molar-refractivity contribution in [3.63, 3.8) is 0 Å². The third-order valence-electron chi connectivity index (χ3n) is 5.20. The number of amides is 1. The molecular weight excluding hydrogens is 456 g/mol. The smallest absolute Gasteiger partial charge is 0.255 e. The minimum Gasteiger partial charge on any atom is -0.490 e. The number of anilines is 1. The van der Waals surface area contributed by atoms with Crippen molar-refractivity contribution in [3.8, 4) is 11.5 Å². The van der Waals surface area contributed by atoms with Crippen molar-refractivity contribution in [1.82, 2.24) is 4.31 Å². The molecule has 2 aromatic rings. The number of nitrogens with zero attached hydrogens (tertiary/aromatic N) is 1. The maximum absolute atomic E-state index is 13.2. The molecule has 0 radical (unpaired) electrons. The Morgan fingerprint density at radius 3 is 2.44 bits per heavy atom. The van der Waals surface area contributed by atoms with Crippen LogP contribution in [0.15, 0.2) is 41.3 Å². The van der Waals surface area contributed by atoms with Gasteiger partial charge in [-0.15, -0.1) is 0 Å². The highest BCUT2D eigenvalue weighted by Crippen LogP contribution is 2.33. The van der Waals surface area contributed by atoms with Gasteiger partial charge in [0, 0.05) is 36.8 Å². The number of carbonyl (C=O) groups is 1. The molecule has 1 fully saturated rings. The number of hydrogen-bond donors (Lipinski definition) is 1. The molecule has 0 spiro atoms. The number of halogens is 1. The molecule has 8 nitrogen and oxygen atoms in total. The molecule has 0 aromatic heterocycles. The number of carbonyl (C=O) groups excluding carboxylic acids is 1. The molecule has 0 aliphatic carbocycles. The van der Waals surface area contributed by atoms with E-state index in [1.54, 1.807) is 18.2 Å². The summed E-state index contributed by atoms with van der Waals surface area (Å²) in [7, 11) is -3.90. The summed E-state index contributed by atoms with van der Waals surface area (Å²) in [5.74, 6) is 0.709. The van der Waals surface area contributed by atoms with Crippen LogP contribution in [0.3, 0.4) is 0 Å². The average Bonchev–Trinajstić information content (AvgIpc) is 2.98. The molecule has 4 rings (SSSR count). The van der Waals surface area contributed by atoms with E-state index in [2.05, 4.69) is 5.32 Å². The first-order valence-corrected chi connectivity index (χ1v) is 12.2. The van der Waals surface area contributed by atoms with Crippen molar-refractivity contribution < 1.29 is 27.4 Å². The lowest BCUT2D eigenvalue weighted by Crippen LogP contribution is -2.48. The lowest BCUT2D eigenvalue weighted by molar-refractivity contribution is -0.0440. The van der Waals surface area contributed by atoms with Gasteiger partial charge in [-0.25, -0.2) is 8.42 Å². The maximum Gasteiger partial charge on any atom is 0.255 e. The molecule has 0 saturated carbocycles. The lowest BCUT2D eigenvalue weighted by atomic mass is 10.2. The van der Waals surface area contributed by atoms with Crippen LogP contribution in [0.1, 0.15) is 30.6 Å². The second-order valence-electron chi connectivity index (χ2n) is 7.89. The summed E-state index contributed by atoms with van der Waals surface area (Å²) in [6.07, 6.45) is 0.301. The normalized spacial score (nSPS) is 21.6. The van der Waals surface area contributed by atoms with Gasteiger partial charge in [0.05, 0.1) is 30.4 Å². The highest BCUT2D eigenvalue weighted by Gasteiger charge is 2.34. The Morgan fingerprint density at radius 1 is 1.03 bits per heavy atom. The van der Waals surface area contributed by atoms with Crippen LogP contribution in [0.5, 0.6) is 11.5 Å². The largest absolute Gasteiger partial charge is 0.490 e. The predicted molar refractivity (Wildman–Crippen MR) is 120 cm³/mol. The van der Waals surface area contributed by atoms with E-state index < -0.39 is 15.9 Å². The molecule has 2 aliphatic rings. The average molecular weight is 481 g/mol. The SMILES string of the molecule is CC1CN(S(=O)(=O)c2cc(C(=O)Nc3ccc4c(c3)OCCCO4)ccc2Cl)CC(C)O1. The Balaban J connectivity index is 1.57. The third-order valence-corrected chi connectivity index (χ3v) is 7.52. The summed E-state index contributed by atoms with van der Waals surface area (Å²) < 4.78 is 44.7. The Bertz CT molecular complexity index is 1110. The van der Waals surface area contributed by atoms with Crippen molar-refractivity contribution in [1.29, 1.82) is 0 Å². The van der Waals surface area contributed by atoms with Crippen molar-refractivity contribution in [2.45, 2.75) is 37.4 Å². The summed E-state index contributed by atoms with van der Waals surface area (Å²) in [4.78, 5) is 12.8. The van der Waals surface area contributed by atoms with E-state index in [9.17, 15) is 13.2 Å². The van der Waals surface area contributed by atoms with E-state index in [0.29, 0.717) is 30.4 Å². The molecule has 10 heteroatoms. The maximum atomic E-state index is 13.2. The van der Waals surface area contributed by atoms with Crippen molar-refractivity contribution >= 4 is 33.2 Å². The van der Waals surface area contributed by atoms with Gasteiger partial charge in [-0.3, -0.25) is 4.79 Å². The molecule has 32 heavy (non-hydrogen) atoms. The number of ether oxygens (including phenoxy) is 3. The molecule has 0 bridgehead atoms. The first-order chi connectivity index (χ1) is 15.2. The van der Waals surface area contributed by atoms with Crippen LogP contribution >= 0.6 is 11.6 Å². The fourth-order valence-electron chi connectivity index (χ4n) is 3.75. The topological polar surface area (TPSA) is 94.2 Å². The fraction of sp³-hybridized carbons (Fsp3) is 0.409. The van der Waals surface area contributed by atoms with Gasteiger partial charge in [0.15, 0.2) is 11.5 Å². The Labute approximate surface area is 192 Å². The Hall–Kier alpha value is -2.33. The summed E-state index contributed by atoms with van der Waals surface area (Å²) in [5.41, 5.74) is 0.684. The predicted octanol–water partition coefficient (Wildman–Crippen LogP) is 3.55. The van der Waals surface area contributed by atoms with E-state index in [-0.39, 0.29) is 40.8 Å². The molecule has 2 atom stereocenters. The quantitative estimate of drug-likeness (QED) is 0.719. The van der Waals surface area contributed by atoms with E-state index in [0.717, 1.165) is 6.42 Å². The minimum atomic E-state index is -3.90. The number of benzene rings is 2. The first kappa shape index (κ1) is 22.8. The van der Waals surface area contributed by atoms with Gasteiger partial charge >= 0.3 is 0 Å². The van der Waals surface area contributed by atoms with Crippen LogP contribution in [0.2, 0.25) is 5.02 Å². The highest BCUT2D eigenvalue weighted by atomic mass is 35.5. The van der Waals surface area contributed by atoms with E-state index >= 15 is 0 Å². The lowest BCUT2D eigenvalue weighted by Gasteiger charge is -2.34. The first-order valence-electron chi connectivity index (χ1n) is 10.4. The monoisotopic (exact) mass is 480 g/mol. The second-order valence-corrected chi connectivity index (χ2v) is 10.2. The second kappa shape index (κ2) is 9.27. The number of sulfonamides is 1. The molecule has 2 aromatic carbocycles. The van der Waals surface area contributed by atoms with Crippen LogP contribution in [0.25, 0.3) is 0 Å². The zero-order valence-corrected chi connectivity index (χ0v) is 19.4. The standard InChI is InChI=1S/C22H25ClN2O6S/c1-14-12-25(13-15(2)31-14)32(27,28)21-10-16(4-6-18(21)23)22(26)24-17-5-7-19-20(11-17)30-9-3-8-29-19/h4-7,10-11,14-15H,3,8-9,12-13H2,1-2H3,(H,24,26). The van der Waals surface area contributed by atoms with Crippen LogP contribution in [0.4, 0.5) is 5.69 Å². The summed E-state index contributed by atoms with van der Waals surface area (Å²) >= 11 is 6.23. The van der Waals surface area contributed by atoms with Gasteiger partial charge in [-0.2, -0.15) is 4.31 Å². The van der Waals surface area contributed by atoms with Crippen molar-refractivity contribution in [2.75, 3.05) is 31.6 Å².